The molecule has 1 aliphatic rings. The molecule has 0 aromatic carbocycles. The van der Waals surface area contributed by atoms with Crippen LogP contribution >= 0.6 is 11.3 Å². The molecule has 0 radical (unpaired) electrons. The molecule has 1 saturated carbocycles. The molecular weight excluding hydrogens is 342 g/mol. The number of H-pyrrole nitrogens is 1. The average Bonchev–Trinajstić information content (AvgIpc) is 3.18. The third-order valence-electron chi connectivity index (χ3n) is 4.84. The van der Waals surface area contributed by atoms with E-state index in [-0.39, 0.29) is 12.8 Å². The van der Waals surface area contributed by atoms with Crippen LogP contribution in [0.5, 0.6) is 0 Å². The van der Waals surface area contributed by atoms with Gasteiger partial charge in [0.05, 0.1) is 17.5 Å². The van der Waals surface area contributed by atoms with Crippen LogP contribution in [-0.4, -0.2) is 25.9 Å². The number of imidazole rings is 1. The van der Waals surface area contributed by atoms with E-state index in [1.54, 1.807) is 12.5 Å². The molecule has 1 aliphatic carbocycles. The van der Waals surface area contributed by atoms with Gasteiger partial charge < -0.3 is 4.98 Å². The fourth-order valence-corrected chi connectivity index (χ4v) is 4.78. The van der Waals surface area contributed by atoms with E-state index in [2.05, 4.69) is 15.0 Å². The molecular formula is C18H14F2N4S. The van der Waals surface area contributed by atoms with E-state index in [0.717, 1.165) is 31.9 Å². The van der Waals surface area contributed by atoms with Gasteiger partial charge in [0.25, 0.3) is 0 Å². The molecule has 0 spiro atoms. The first-order chi connectivity index (χ1) is 11.9. The molecule has 1 fully saturated rings. The summed E-state index contributed by atoms with van der Waals surface area (Å²) in [6.45, 7) is 1.91. The van der Waals surface area contributed by atoms with Crippen LogP contribution in [0.15, 0.2) is 36.8 Å². The van der Waals surface area contributed by atoms with E-state index in [1.165, 1.54) is 11.3 Å². The number of alkyl halides is 2. The van der Waals surface area contributed by atoms with Gasteiger partial charge in [-0.05, 0) is 24.3 Å². The summed E-state index contributed by atoms with van der Waals surface area (Å²) in [6, 6.07) is 7.90. The highest BCUT2D eigenvalue weighted by Gasteiger charge is 2.55. The lowest BCUT2D eigenvalue weighted by Gasteiger charge is -2.44. The number of nitrogens with zero attached hydrogens (tertiary/aromatic N) is 3. The fraction of sp³-hybridized carbons (Fsp3) is 0.278. The van der Waals surface area contributed by atoms with Gasteiger partial charge in [0.1, 0.15) is 4.83 Å². The molecule has 4 aromatic heterocycles. The van der Waals surface area contributed by atoms with Gasteiger partial charge in [-0.15, -0.1) is 11.3 Å². The average molecular weight is 356 g/mol. The zero-order valence-corrected chi connectivity index (χ0v) is 14.2. The predicted octanol–water partition coefficient (Wildman–Crippen LogP) is 4.92. The number of rotatable bonds is 2. The topological polar surface area (TPSA) is 54.5 Å². The van der Waals surface area contributed by atoms with Gasteiger partial charge in [-0.1, -0.05) is 6.92 Å². The first-order valence-corrected chi connectivity index (χ1v) is 8.82. The minimum atomic E-state index is -2.53. The number of pyridine rings is 2. The maximum Gasteiger partial charge on any atom is 0.249 e. The van der Waals surface area contributed by atoms with Crippen molar-refractivity contribution in [1.82, 2.24) is 19.9 Å². The Bertz CT molecular complexity index is 1110. The Hall–Kier alpha value is -2.41. The molecule has 0 bridgehead atoms. The number of aromatic amines is 1. The lowest BCUT2D eigenvalue weighted by Crippen LogP contribution is -2.46. The first-order valence-electron chi connectivity index (χ1n) is 8.00. The van der Waals surface area contributed by atoms with Crippen LogP contribution in [-0.2, 0) is 5.41 Å². The Morgan fingerprint density at radius 1 is 1.16 bits per heavy atom. The normalized spacial score (nSPS) is 18.5. The van der Waals surface area contributed by atoms with Crippen molar-refractivity contribution in [3.8, 4) is 11.3 Å². The van der Waals surface area contributed by atoms with Crippen LogP contribution in [0.2, 0.25) is 0 Å². The van der Waals surface area contributed by atoms with Gasteiger partial charge in [0, 0.05) is 40.3 Å². The van der Waals surface area contributed by atoms with Crippen molar-refractivity contribution in [3.05, 3.63) is 41.7 Å². The summed E-state index contributed by atoms with van der Waals surface area (Å²) in [5.74, 6) is -2.53. The third kappa shape index (κ3) is 2.33. The van der Waals surface area contributed by atoms with Gasteiger partial charge in [-0.25, -0.2) is 23.7 Å². The molecule has 0 saturated heterocycles. The molecule has 0 atom stereocenters. The molecule has 25 heavy (non-hydrogen) atoms. The summed E-state index contributed by atoms with van der Waals surface area (Å²) < 4.78 is 26.7. The molecule has 1 N–H and O–H groups in total. The van der Waals surface area contributed by atoms with E-state index in [9.17, 15) is 8.78 Å². The number of fused-ring (bicyclic) bond motifs is 2. The summed E-state index contributed by atoms with van der Waals surface area (Å²) in [5.41, 5.74) is 2.80. The molecule has 7 heteroatoms. The standard InChI is InChI=1S/C18H14F2N4S/c1-17(7-18(19,20)8-17)14-5-10-2-3-12(24-16(10)25-14)11-4-13-15(21-6-11)23-9-22-13/h2-6,9H,7-8H2,1H3,(H,21,22,23). The smallest absolute Gasteiger partial charge is 0.249 e. The minimum absolute atomic E-state index is 0.0832. The lowest BCUT2D eigenvalue weighted by molar-refractivity contribution is -0.119. The van der Waals surface area contributed by atoms with Gasteiger partial charge >= 0.3 is 0 Å². The van der Waals surface area contributed by atoms with Crippen LogP contribution in [0.25, 0.3) is 32.6 Å². The van der Waals surface area contributed by atoms with Crippen molar-refractivity contribution < 1.29 is 8.78 Å². The second-order valence-electron chi connectivity index (χ2n) is 6.97. The van der Waals surface area contributed by atoms with Crippen molar-refractivity contribution >= 4 is 32.7 Å². The van der Waals surface area contributed by atoms with Crippen molar-refractivity contribution in [1.29, 1.82) is 0 Å². The Kier molecular flexibility index (Phi) is 2.87. The maximum atomic E-state index is 13.3. The molecule has 126 valence electrons. The van der Waals surface area contributed by atoms with Gasteiger partial charge in [0.15, 0.2) is 5.65 Å². The van der Waals surface area contributed by atoms with Crippen molar-refractivity contribution in [3.63, 3.8) is 0 Å². The lowest BCUT2D eigenvalue weighted by atomic mass is 9.66. The molecule has 4 nitrogen and oxygen atoms in total. The molecule has 0 aliphatic heterocycles. The largest absolute Gasteiger partial charge is 0.343 e. The van der Waals surface area contributed by atoms with E-state index in [1.807, 2.05) is 31.2 Å². The number of aromatic nitrogens is 4. The Labute approximate surface area is 146 Å². The molecule has 4 aromatic rings. The summed E-state index contributed by atoms with van der Waals surface area (Å²) in [5, 5.41) is 0.996. The zero-order chi connectivity index (χ0) is 17.2. The van der Waals surface area contributed by atoms with Crippen LogP contribution in [0.3, 0.4) is 0 Å². The van der Waals surface area contributed by atoms with Crippen LogP contribution in [0.1, 0.15) is 24.6 Å². The highest BCUT2D eigenvalue weighted by molar-refractivity contribution is 7.18. The molecule has 4 heterocycles. The van der Waals surface area contributed by atoms with Crippen molar-refractivity contribution in [2.75, 3.05) is 0 Å². The summed E-state index contributed by atoms with van der Waals surface area (Å²) in [6.07, 6.45) is 3.19. The molecule has 5 rings (SSSR count). The highest BCUT2D eigenvalue weighted by Crippen LogP contribution is 2.55. The summed E-state index contributed by atoms with van der Waals surface area (Å²) >= 11 is 1.51. The van der Waals surface area contributed by atoms with Crippen LogP contribution in [0.4, 0.5) is 8.78 Å². The third-order valence-corrected chi connectivity index (χ3v) is 6.20. The Balaban J connectivity index is 1.55. The van der Waals surface area contributed by atoms with Gasteiger partial charge in [0.2, 0.25) is 5.92 Å². The van der Waals surface area contributed by atoms with Crippen molar-refractivity contribution in [2.45, 2.75) is 31.1 Å². The van der Waals surface area contributed by atoms with E-state index < -0.39 is 11.3 Å². The monoisotopic (exact) mass is 356 g/mol. The molecule has 0 unspecified atom stereocenters. The number of hydrogen-bond acceptors (Lipinski definition) is 4. The SMILES string of the molecule is CC1(c2cc3ccc(-c4cnc5nc[nH]c5c4)nc3s2)CC(F)(F)C1. The second kappa shape index (κ2) is 4.82. The Morgan fingerprint density at radius 3 is 2.80 bits per heavy atom. The number of halogens is 2. The maximum absolute atomic E-state index is 13.3. The van der Waals surface area contributed by atoms with E-state index in [4.69, 9.17) is 4.98 Å². The van der Waals surface area contributed by atoms with Crippen molar-refractivity contribution in [2.24, 2.45) is 0 Å². The molecule has 0 amide bonds. The van der Waals surface area contributed by atoms with Crippen LogP contribution < -0.4 is 0 Å². The number of thiophene rings is 1. The quantitative estimate of drug-likeness (QED) is 0.554. The zero-order valence-electron chi connectivity index (χ0n) is 13.4. The summed E-state index contributed by atoms with van der Waals surface area (Å²) in [4.78, 5) is 18.1. The Morgan fingerprint density at radius 2 is 2.00 bits per heavy atom. The van der Waals surface area contributed by atoms with E-state index >= 15 is 0 Å². The van der Waals surface area contributed by atoms with Crippen LogP contribution in [0, 0.1) is 0 Å². The minimum Gasteiger partial charge on any atom is -0.343 e. The highest BCUT2D eigenvalue weighted by atomic mass is 32.1. The fourth-order valence-electron chi connectivity index (χ4n) is 3.61. The first kappa shape index (κ1) is 14.9. The predicted molar refractivity (Wildman–Crippen MR) is 94.0 cm³/mol. The second-order valence-corrected chi connectivity index (χ2v) is 8.00. The van der Waals surface area contributed by atoms with E-state index in [0.29, 0.717) is 5.65 Å². The number of hydrogen-bond donors (Lipinski definition) is 1. The van der Waals surface area contributed by atoms with Gasteiger partial charge in [-0.3, -0.25) is 0 Å². The number of nitrogens with one attached hydrogen (secondary N) is 1. The van der Waals surface area contributed by atoms with Gasteiger partial charge in [-0.2, -0.15) is 0 Å². The summed E-state index contributed by atoms with van der Waals surface area (Å²) in [7, 11) is 0.